The molecule has 0 saturated carbocycles. The van der Waals surface area contributed by atoms with E-state index in [0.717, 1.165) is 6.42 Å². The topological polar surface area (TPSA) is 68.0 Å². The molecule has 1 rings (SSSR count). The highest BCUT2D eigenvalue weighted by Crippen LogP contribution is 2.15. The summed E-state index contributed by atoms with van der Waals surface area (Å²) in [6, 6.07) is 1.68. The molecule has 4 heteroatoms. The van der Waals surface area contributed by atoms with E-state index in [9.17, 15) is 4.79 Å². The largest absolute Gasteiger partial charge is 0.396 e. The number of nitrogens with one attached hydrogen (secondary N) is 1. The SMILES string of the molecule is CCCC(=O)Nc1ccncc1N. The van der Waals surface area contributed by atoms with E-state index in [-0.39, 0.29) is 5.91 Å². The second-order valence-electron chi connectivity index (χ2n) is 2.76. The van der Waals surface area contributed by atoms with Crippen molar-refractivity contribution in [1.82, 2.24) is 4.98 Å². The Bertz CT molecular complexity index is 299. The predicted molar refractivity (Wildman–Crippen MR) is 52.2 cm³/mol. The van der Waals surface area contributed by atoms with Gasteiger partial charge in [0.15, 0.2) is 0 Å². The first kappa shape index (κ1) is 9.51. The maximum absolute atomic E-state index is 11.2. The van der Waals surface area contributed by atoms with E-state index in [1.165, 1.54) is 6.20 Å². The fourth-order valence-corrected chi connectivity index (χ4v) is 0.960. The molecule has 0 fully saturated rings. The minimum Gasteiger partial charge on any atom is -0.396 e. The molecular weight excluding hydrogens is 166 g/mol. The third-order valence-corrected chi connectivity index (χ3v) is 1.60. The molecule has 0 spiro atoms. The highest BCUT2D eigenvalue weighted by molar-refractivity contribution is 5.93. The number of pyridine rings is 1. The molecule has 0 radical (unpaired) electrons. The van der Waals surface area contributed by atoms with Gasteiger partial charge in [-0.25, -0.2) is 0 Å². The molecule has 1 amide bonds. The third-order valence-electron chi connectivity index (χ3n) is 1.60. The van der Waals surface area contributed by atoms with Crippen LogP contribution in [0, 0.1) is 0 Å². The Balaban J connectivity index is 2.63. The van der Waals surface area contributed by atoms with Crippen LogP contribution in [0.25, 0.3) is 0 Å². The van der Waals surface area contributed by atoms with Gasteiger partial charge in [0, 0.05) is 12.6 Å². The van der Waals surface area contributed by atoms with Crippen molar-refractivity contribution in [2.24, 2.45) is 0 Å². The van der Waals surface area contributed by atoms with E-state index in [1.54, 1.807) is 12.3 Å². The number of anilines is 2. The molecule has 0 aliphatic rings. The molecule has 0 saturated heterocycles. The van der Waals surface area contributed by atoms with Crippen molar-refractivity contribution in [3.63, 3.8) is 0 Å². The lowest BCUT2D eigenvalue weighted by atomic mass is 10.3. The first-order valence-electron chi connectivity index (χ1n) is 4.23. The van der Waals surface area contributed by atoms with E-state index >= 15 is 0 Å². The van der Waals surface area contributed by atoms with Crippen molar-refractivity contribution >= 4 is 17.3 Å². The maximum atomic E-state index is 11.2. The van der Waals surface area contributed by atoms with E-state index < -0.39 is 0 Å². The molecule has 0 aliphatic carbocycles. The summed E-state index contributed by atoms with van der Waals surface area (Å²) in [5.74, 6) is -0.0135. The average Bonchev–Trinajstić information content (AvgIpc) is 2.09. The standard InChI is InChI=1S/C9H13N3O/c1-2-3-9(13)12-8-4-5-11-6-7(8)10/h4-6H,2-3,10H2,1H3,(H,11,12,13). The van der Waals surface area contributed by atoms with E-state index in [4.69, 9.17) is 5.73 Å². The van der Waals surface area contributed by atoms with Crippen LogP contribution in [-0.2, 0) is 4.79 Å². The predicted octanol–water partition coefficient (Wildman–Crippen LogP) is 1.40. The molecule has 0 aliphatic heterocycles. The van der Waals surface area contributed by atoms with Gasteiger partial charge in [-0.05, 0) is 12.5 Å². The smallest absolute Gasteiger partial charge is 0.224 e. The summed E-state index contributed by atoms with van der Waals surface area (Å²) in [7, 11) is 0. The normalized spacial score (nSPS) is 9.62. The molecule has 1 aromatic rings. The summed E-state index contributed by atoms with van der Waals surface area (Å²) in [5.41, 5.74) is 6.71. The third kappa shape index (κ3) is 2.74. The fourth-order valence-electron chi connectivity index (χ4n) is 0.960. The Morgan fingerprint density at radius 1 is 1.69 bits per heavy atom. The minimum atomic E-state index is -0.0135. The van der Waals surface area contributed by atoms with E-state index in [1.807, 2.05) is 6.92 Å². The lowest BCUT2D eigenvalue weighted by molar-refractivity contribution is -0.116. The number of carbonyl (C=O) groups is 1. The summed E-state index contributed by atoms with van der Waals surface area (Å²) < 4.78 is 0. The van der Waals surface area contributed by atoms with Crippen molar-refractivity contribution in [1.29, 1.82) is 0 Å². The summed E-state index contributed by atoms with van der Waals surface area (Å²) >= 11 is 0. The molecule has 0 bridgehead atoms. The van der Waals surface area contributed by atoms with Crippen molar-refractivity contribution in [2.75, 3.05) is 11.1 Å². The van der Waals surface area contributed by atoms with Crippen LogP contribution in [-0.4, -0.2) is 10.9 Å². The molecule has 1 aromatic heterocycles. The van der Waals surface area contributed by atoms with E-state index in [0.29, 0.717) is 17.8 Å². The van der Waals surface area contributed by atoms with Crippen molar-refractivity contribution < 1.29 is 4.79 Å². The van der Waals surface area contributed by atoms with Gasteiger partial charge in [0.1, 0.15) is 0 Å². The van der Waals surface area contributed by atoms with Crippen LogP contribution in [0.15, 0.2) is 18.5 Å². The van der Waals surface area contributed by atoms with Crippen LogP contribution in [0.5, 0.6) is 0 Å². The monoisotopic (exact) mass is 179 g/mol. The quantitative estimate of drug-likeness (QED) is 0.737. The van der Waals surface area contributed by atoms with Crippen LogP contribution in [0.3, 0.4) is 0 Å². The second kappa shape index (κ2) is 4.45. The Labute approximate surface area is 77.2 Å². The molecule has 0 atom stereocenters. The van der Waals surface area contributed by atoms with Crippen molar-refractivity contribution in [3.8, 4) is 0 Å². The zero-order chi connectivity index (χ0) is 9.68. The fraction of sp³-hybridized carbons (Fsp3) is 0.333. The van der Waals surface area contributed by atoms with Crippen LogP contribution in [0.2, 0.25) is 0 Å². The van der Waals surface area contributed by atoms with Crippen LogP contribution in [0.4, 0.5) is 11.4 Å². The Morgan fingerprint density at radius 3 is 3.08 bits per heavy atom. The summed E-state index contributed by atoms with van der Waals surface area (Å²) in [4.78, 5) is 15.0. The van der Waals surface area contributed by atoms with Crippen LogP contribution >= 0.6 is 0 Å². The highest BCUT2D eigenvalue weighted by atomic mass is 16.1. The highest BCUT2D eigenvalue weighted by Gasteiger charge is 2.02. The molecular formula is C9H13N3O. The average molecular weight is 179 g/mol. The molecule has 0 aromatic carbocycles. The van der Waals surface area contributed by atoms with Gasteiger partial charge in [-0.2, -0.15) is 0 Å². The number of nitrogen functional groups attached to an aromatic ring is 1. The number of hydrogen-bond acceptors (Lipinski definition) is 3. The maximum Gasteiger partial charge on any atom is 0.224 e. The van der Waals surface area contributed by atoms with Gasteiger partial charge in [-0.15, -0.1) is 0 Å². The number of amides is 1. The lowest BCUT2D eigenvalue weighted by Gasteiger charge is -2.05. The van der Waals surface area contributed by atoms with Gasteiger partial charge >= 0.3 is 0 Å². The molecule has 70 valence electrons. The zero-order valence-corrected chi connectivity index (χ0v) is 7.58. The number of hydrogen-bond donors (Lipinski definition) is 2. The summed E-state index contributed by atoms with van der Waals surface area (Å²) in [6.45, 7) is 1.95. The molecule has 0 unspecified atom stereocenters. The number of nitrogens with two attached hydrogens (primary N) is 1. The van der Waals surface area contributed by atoms with Crippen molar-refractivity contribution in [3.05, 3.63) is 18.5 Å². The minimum absolute atomic E-state index is 0.0135. The Morgan fingerprint density at radius 2 is 2.46 bits per heavy atom. The van der Waals surface area contributed by atoms with Gasteiger partial charge in [-0.3, -0.25) is 9.78 Å². The molecule has 13 heavy (non-hydrogen) atoms. The molecule has 3 N–H and O–H groups in total. The zero-order valence-electron chi connectivity index (χ0n) is 7.58. The van der Waals surface area contributed by atoms with Crippen LogP contribution in [0.1, 0.15) is 19.8 Å². The molecule has 1 heterocycles. The second-order valence-corrected chi connectivity index (χ2v) is 2.76. The van der Waals surface area contributed by atoms with Gasteiger partial charge in [0.05, 0.1) is 17.6 Å². The lowest BCUT2D eigenvalue weighted by Crippen LogP contribution is -2.12. The molecule has 4 nitrogen and oxygen atoms in total. The van der Waals surface area contributed by atoms with Gasteiger partial charge in [-0.1, -0.05) is 6.92 Å². The van der Waals surface area contributed by atoms with Gasteiger partial charge in [0.25, 0.3) is 0 Å². The summed E-state index contributed by atoms with van der Waals surface area (Å²) in [5, 5.41) is 2.71. The first-order chi connectivity index (χ1) is 6.24. The van der Waals surface area contributed by atoms with Crippen LogP contribution < -0.4 is 11.1 Å². The number of nitrogens with zero attached hydrogens (tertiary/aromatic N) is 1. The summed E-state index contributed by atoms with van der Waals surface area (Å²) in [6.07, 6.45) is 4.46. The Hall–Kier alpha value is -1.58. The van der Waals surface area contributed by atoms with Crippen molar-refractivity contribution in [2.45, 2.75) is 19.8 Å². The number of carbonyl (C=O) groups excluding carboxylic acids is 1. The number of aromatic nitrogens is 1. The Kier molecular flexibility index (Phi) is 3.25. The van der Waals surface area contributed by atoms with Gasteiger partial charge < -0.3 is 11.1 Å². The van der Waals surface area contributed by atoms with E-state index in [2.05, 4.69) is 10.3 Å². The first-order valence-corrected chi connectivity index (χ1v) is 4.23. The number of rotatable bonds is 3. The van der Waals surface area contributed by atoms with Gasteiger partial charge in [0.2, 0.25) is 5.91 Å².